The van der Waals surface area contributed by atoms with E-state index in [1.807, 2.05) is 30.3 Å². The molecule has 0 radical (unpaired) electrons. The van der Waals surface area contributed by atoms with Crippen LogP contribution in [0.4, 0.5) is 0 Å². The SMILES string of the molecule is CC(CC(=O)NC1CCC(C(=O)O)CC1)c1ccccc1. The second-order valence-corrected chi connectivity index (χ2v) is 5.97. The van der Waals surface area contributed by atoms with Crippen LogP contribution in [0.15, 0.2) is 30.3 Å². The molecular weight excluding hydrogens is 266 g/mol. The van der Waals surface area contributed by atoms with Gasteiger partial charge in [0.25, 0.3) is 0 Å². The van der Waals surface area contributed by atoms with Gasteiger partial charge in [-0.2, -0.15) is 0 Å². The summed E-state index contributed by atoms with van der Waals surface area (Å²) in [5.41, 5.74) is 1.17. The first kappa shape index (κ1) is 15.5. The Morgan fingerprint density at radius 1 is 1.19 bits per heavy atom. The summed E-state index contributed by atoms with van der Waals surface area (Å²) in [4.78, 5) is 23.0. The Labute approximate surface area is 125 Å². The molecule has 0 heterocycles. The molecule has 1 fully saturated rings. The largest absolute Gasteiger partial charge is 0.481 e. The Bertz CT molecular complexity index is 478. The summed E-state index contributed by atoms with van der Waals surface area (Å²) in [6.45, 7) is 2.05. The summed E-state index contributed by atoms with van der Waals surface area (Å²) in [6, 6.07) is 10.1. The average molecular weight is 289 g/mol. The minimum Gasteiger partial charge on any atom is -0.481 e. The Balaban J connectivity index is 1.76. The first-order valence-electron chi connectivity index (χ1n) is 7.63. The fourth-order valence-corrected chi connectivity index (χ4v) is 2.95. The maximum absolute atomic E-state index is 12.1. The second kappa shape index (κ2) is 7.25. The summed E-state index contributed by atoms with van der Waals surface area (Å²) in [5.74, 6) is -0.689. The van der Waals surface area contributed by atoms with Crippen LogP contribution < -0.4 is 5.32 Å². The molecule has 1 aliphatic carbocycles. The van der Waals surface area contributed by atoms with Crippen LogP contribution in [-0.4, -0.2) is 23.0 Å². The molecule has 1 unspecified atom stereocenters. The van der Waals surface area contributed by atoms with Crippen molar-refractivity contribution in [2.75, 3.05) is 0 Å². The number of aliphatic carboxylic acids is 1. The Morgan fingerprint density at radius 3 is 2.38 bits per heavy atom. The molecule has 1 aliphatic rings. The van der Waals surface area contributed by atoms with Crippen molar-refractivity contribution < 1.29 is 14.7 Å². The van der Waals surface area contributed by atoms with Crippen LogP contribution in [-0.2, 0) is 9.59 Å². The molecule has 1 atom stereocenters. The van der Waals surface area contributed by atoms with Gasteiger partial charge in [-0.25, -0.2) is 0 Å². The number of carbonyl (C=O) groups excluding carboxylic acids is 1. The Hall–Kier alpha value is -1.84. The molecule has 0 bridgehead atoms. The summed E-state index contributed by atoms with van der Waals surface area (Å²) >= 11 is 0. The molecule has 0 aliphatic heterocycles. The third-order valence-corrected chi connectivity index (χ3v) is 4.30. The lowest BCUT2D eigenvalue weighted by atomic mass is 9.86. The third-order valence-electron chi connectivity index (χ3n) is 4.30. The molecule has 2 rings (SSSR count). The van der Waals surface area contributed by atoms with Gasteiger partial charge < -0.3 is 10.4 Å². The van der Waals surface area contributed by atoms with Crippen LogP contribution in [0, 0.1) is 5.92 Å². The van der Waals surface area contributed by atoms with E-state index in [0.29, 0.717) is 19.3 Å². The quantitative estimate of drug-likeness (QED) is 0.875. The summed E-state index contributed by atoms with van der Waals surface area (Å²) in [6.07, 6.45) is 3.33. The predicted molar refractivity (Wildman–Crippen MR) is 81.0 cm³/mol. The van der Waals surface area contributed by atoms with Crippen LogP contribution in [0.1, 0.15) is 50.5 Å². The van der Waals surface area contributed by atoms with Crippen LogP contribution in [0.3, 0.4) is 0 Å². The fourth-order valence-electron chi connectivity index (χ4n) is 2.95. The zero-order chi connectivity index (χ0) is 15.2. The van der Waals surface area contributed by atoms with Crippen LogP contribution in [0.2, 0.25) is 0 Å². The van der Waals surface area contributed by atoms with E-state index >= 15 is 0 Å². The van der Waals surface area contributed by atoms with E-state index in [9.17, 15) is 9.59 Å². The molecule has 1 amide bonds. The first-order chi connectivity index (χ1) is 10.1. The van der Waals surface area contributed by atoms with E-state index in [2.05, 4.69) is 12.2 Å². The van der Waals surface area contributed by atoms with Crippen molar-refractivity contribution in [3.63, 3.8) is 0 Å². The van der Waals surface area contributed by atoms with Crippen LogP contribution in [0.25, 0.3) is 0 Å². The van der Waals surface area contributed by atoms with Gasteiger partial charge in [-0.1, -0.05) is 37.3 Å². The number of carboxylic acid groups (broad SMARTS) is 1. The zero-order valence-electron chi connectivity index (χ0n) is 12.4. The van der Waals surface area contributed by atoms with Crippen LogP contribution >= 0.6 is 0 Å². The number of amides is 1. The normalized spacial score (nSPS) is 23.3. The molecule has 21 heavy (non-hydrogen) atoms. The molecule has 4 heteroatoms. The summed E-state index contributed by atoms with van der Waals surface area (Å²) in [7, 11) is 0. The monoisotopic (exact) mass is 289 g/mol. The molecule has 0 saturated heterocycles. The van der Waals surface area contributed by atoms with Crippen molar-refractivity contribution in [3.05, 3.63) is 35.9 Å². The number of rotatable bonds is 5. The highest BCUT2D eigenvalue weighted by Crippen LogP contribution is 2.25. The highest BCUT2D eigenvalue weighted by molar-refractivity contribution is 5.77. The number of carboxylic acids is 1. The van der Waals surface area contributed by atoms with E-state index < -0.39 is 5.97 Å². The molecule has 4 nitrogen and oxygen atoms in total. The van der Waals surface area contributed by atoms with E-state index in [0.717, 1.165) is 12.8 Å². The summed E-state index contributed by atoms with van der Waals surface area (Å²) in [5, 5.41) is 12.0. The minimum atomic E-state index is -0.711. The number of hydrogen-bond acceptors (Lipinski definition) is 2. The second-order valence-electron chi connectivity index (χ2n) is 5.97. The van der Waals surface area contributed by atoms with Gasteiger partial charge in [-0.05, 0) is 37.2 Å². The van der Waals surface area contributed by atoms with E-state index in [-0.39, 0.29) is 23.8 Å². The van der Waals surface area contributed by atoms with Crippen molar-refractivity contribution >= 4 is 11.9 Å². The van der Waals surface area contributed by atoms with Crippen molar-refractivity contribution in [3.8, 4) is 0 Å². The lowest BCUT2D eigenvalue weighted by Gasteiger charge is -2.27. The maximum atomic E-state index is 12.1. The van der Waals surface area contributed by atoms with Gasteiger partial charge in [-0.15, -0.1) is 0 Å². The van der Waals surface area contributed by atoms with E-state index in [1.54, 1.807) is 0 Å². The average Bonchev–Trinajstić information content (AvgIpc) is 2.48. The number of hydrogen-bond donors (Lipinski definition) is 2. The van der Waals surface area contributed by atoms with Gasteiger partial charge in [0.05, 0.1) is 5.92 Å². The zero-order valence-corrected chi connectivity index (χ0v) is 12.4. The van der Waals surface area contributed by atoms with Crippen molar-refractivity contribution in [2.24, 2.45) is 5.92 Å². The maximum Gasteiger partial charge on any atom is 0.306 e. The fraction of sp³-hybridized carbons (Fsp3) is 0.529. The van der Waals surface area contributed by atoms with Gasteiger partial charge in [0.2, 0.25) is 5.91 Å². The van der Waals surface area contributed by atoms with Gasteiger partial charge in [0.15, 0.2) is 0 Å². The van der Waals surface area contributed by atoms with Gasteiger partial charge in [0, 0.05) is 12.5 Å². The Morgan fingerprint density at radius 2 is 1.81 bits per heavy atom. The van der Waals surface area contributed by atoms with Crippen molar-refractivity contribution in [1.82, 2.24) is 5.32 Å². The minimum absolute atomic E-state index is 0.0603. The molecule has 1 aromatic carbocycles. The number of carbonyl (C=O) groups is 2. The molecule has 2 N–H and O–H groups in total. The topological polar surface area (TPSA) is 66.4 Å². The molecule has 0 aromatic heterocycles. The van der Waals surface area contributed by atoms with E-state index in [4.69, 9.17) is 5.11 Å². The van der Waals surface area contributed by atoms with Crippen molar-refractivity contribution in [2.45, 2.75) is 51.0 Å². The number of benzene rings is 1. The Kier molecular flexibility index (Phi) is 5.37. The molecule has 1 saturated carbocycles. The van der Waals surface area contributed by atoms with Gasteiger partial charge in [0.1, 0.15) is 0 Å². The molecule has 0 spiro atoms. The highest BCUT2D eigenvalue weighted by atomic mass is 16.4. The van der Waals surface area contributed by atoms with Crippen LogP contribution in [0.5, 0.6) is 0 Å². The third kappa shape index (κ3) is 4.59. The van der Waals surface area contributed by atoms with E-state index in [1.165, 1.54) is 5.56 Å². The molecule has 1 aromatic rings. The predicted octanol–water partition coefficient (Wildman–Crippen LogP) is 2.94. The summed E-state index contributed by atoms with van der Waals surface area (Å²) < 4.78 is 0. The molecule has 114 valence electrons. The lowest BCUT2D eigenvalue weighted by molar-refractivity contribution is -0.142. The van der Waals surface area contributed by atoms with Crippen molar-refractivity contribution in [1.29, 1.82) is 0 Å². The highest BCUT2D eigenvalue weighted by Gasteiger charge is 2.26. The molecular formula is C17H23NO3. The first-order valence-corrected chi connectivity index (χ1v) is 7.63. The standard InChI is InChI=1S/C17H23NO3/c1-12(13-5-3-2-4-6-13)11-16(19)18-15-9-7-14(8-10-15)17(20)21/h2-6,12,14-15H,7-11H2,1H3,(H,18,19)(H,20,21). The number of nitrogens with one attached hydrogen (secondary N) is 1. The van der Waals surface area contributed by atoms with Gasteiger partial charge in [-0.3, -0.25) is 9.59 Å². The lowest BCUT2D eigenvalue weighted by Crippen LogP contribution is -2.39. The smallest absolute Gasteiger partial charge is 0.306 e. The van der Waals surface area contributed by atoms with Gasteiger partial charge >= 0.3 is 5.97 Å².